The van der Waals surface area contributed by atoms with Crippen LogP contribution in [0.3, 0.4) is 0 Å². The molecule has 3 rings (SSSR count). The van der Waals surface area contributed by atoms with Crippen molar-refractivity contribution in [3.05, 3.63) is 35.9 Å². The van der Waals surface area contributed by atoms with Crippen LogP contribution in [0.5, 0.6) is 0 Å². The van der Waals surface area contributed by atoms with Gasteiger partial charge < -0.3 is 11.1 Å². The highest BCUT2D eigenvalue weighted by Crippen LogP contribution is 2.26. The molecule has 0 radical (unpaired) electrons. The third kappa shape index (κ3) is 3.44. The van der Waals surface area contributed by atoms with Gasteiger partial charge in [0.15, 0.2) is 0 Å². The van der Waals surface area contributed by atoms with Crippen LogP contribution in [0.4, 0.5) is 0 Å². The third-order valence-electron chi connectivity index (χ3n) is 4.81. The monoisotopic (exact) mass is 287 g/mol. The van der Waals surface area contributed by atoms with Crippen molar-refractivity contribution in [2.75, 3.05) is 13.1 Å². The molecule has 1 aliphatic heterocycles. The standard InChI is InChI=1S/C17H25N3O/c18-14-10-11-20(12-14)16-9-5-4-8-15(16)19-17(21)13-6-2-1-3-7-13/h1-3,6-7,14-16H,4-5,8-12,18H2,(H,19,21)/t14-,15+,16-/m1/s1. The van der Waals surface area contributed by atoms with Gasteiger partial charge in [0.2, 0.25) is 0 Å². The minimum atomic E-state index is 0.0518. The zero-order valence-corrected chi connectivity index (χ0v) is 12.5. The molecule has 0 aromatic heterocycles. The Balaban J connectivity index is 1.66. The van der Waals surface area contributed by atoms with Crippen LogP contribution in [0.1, 0.15) is 42.5 Å². The molecular formula is C17H25N3O. The van der Waals surface area contributed by atoms with Crippen molar-refractivity contribution in [1.82, 2.24) is 10.2 Å². The van der Waals surface area contributed by atoms with Gasteiger partial charge in [0.25, 0.3) is 5.91 Å². The Bertz CT molecular complexity index is 476. The predicted molar refractivity (Wildman–Crippen MR) is 84.1 cm³/mol. The summed E-state index contributed by atoms with van der Waals surface area (Å²) in [5, 5.41) is 3.26. The topological polar surface area (TPSA) is 58.4 Å². The molecule has 114 valence electrons. The molecule has 1 heterocycles. The van der Waals surface area contributed by atoms with Crippen molar-refractivity contribution in [2.45, 2.75) is 50.2 Å². The molecule has 21 heavy (non-hydrogen) atoms. The summed E-state index contributed by atoms with van der Waals surface area (Å²) < 4.78 is 0. The van der Waals surface area contributed by atoms with E-state index < -0.39 is 0 Å². The lowest BCUT2D eigenvalue weighted by molar-refractivity contribution is 0.0861. The second-order valence-electron chi connectivity index (χ2n) is 6.34. The van der Waals surface area contributed by atoms with E-state index in [0.717, 1.165) is 31.5 Å². The number of hydrogen-bond acceptors (Lipinski definition) is 3. The molecule has 1 saturated carbocycles. The average Bonchev–Trinajstić information content (AvgIpc) is 2.95. The number of carbonyl (C=O) groups is 1. The summed E-state index contributed by atoms with van der Waals surface area (Å²) in [5.74, 6) is 0.0518. The van der Waals surface area contributed by atoms with E-state index in [1.807, 2.05) is 30.3 Å². The zero-order valence-electron chi connectivity index (χ0n) is 12.5. The molecule has 2 aliphatic rings. The number of carbonyl (C=O) groups excluding carboxylic acids is 1. The number of nitrogens with zero attached hydrogens (tertiary/aromatic N) is 1. The van der Waals surface area contributed by atoms with Gasteiger partial charge >= 0.3 is 0 Å². The Morgan fingerprint density at radius 2 is 1.90 bits per heavy atom. The number of likely N-dealkylation sites (tertiary alicyclic amines) is 1. The Hall–Kier alpha value is -1.39. The number of nitrogens with two attached hydrogens (primary N) is 1. The molecule has 3 atom stereocenters. The minimum absolute atomic E-state index is 0.0518. The van der Waals surface area contributed by atoms with E-state index in [-0.39, 0.29) is 11.9 Å². The van der Waals surface area contributed by atoms with E-state index >= 15 is 0 Å². The van der Waals surface area contributed by atoms with Crippen molar-refractivity contribution >= 4 is 5.91 Å². The number of benzene rings is 1. The second kappa shape index (κ2) is 6.58. The third-order valence-corrected chi connectivity index (χ3v) is 4.81. The SMILES string of the molecule is N[C@@H]1CCN([C@@H]2CCCC[C@@H]2NC(=O)c2ccccc2)C1. The van der Waals surface area contributed by atoms with E-state index in [9.17, 15) is 4.79 Å². The molecule has 0 unspecified atom stereocenters. The van der Waals surface area contributed by atoms with Crippen molar-refractivity contribution in [2.24, 2.45) is 5.73 Å². The molecule has 0 spiro atoms. The normalized spacial score (nSPS) is 30.2. The molecule has 4 heteroatoms. The molecule has 1 aromatic carbocycles. The van der Waals surface area contributed by atoms with Crippen molar-refractivity contribution in [1.29, 1.82) is 0 Å². The van der Waals surface area contributed by atoms with Gasteiger partial charge in [-0.3, -0.25) is 9.69 Å². The highest BCUT2D eigenvalue weighted by molar-refractivity contribution is 5.94. The Morgan fingerprint density at radius 1 is 1.14 bits per heavy atom. The second-order valence-corrected chi connectivity index (χ2v) is 6.34. The molecule has 4 nitrogen and oxygen atoms in total. The highest BCUT2D eigenvalue weighted by atomic mass is 16.1. The van der Waals surface area contributed by atoms with Crippen molar-refractivity contribution in [3.8, 4) is 0 Å². The smallest absolute Gasteiger partial charge is 0.251 e. The van der Waals surface area contributed by atoms with Gasteiger partial charge in [-0.05, 0) is 31.4 Å². The van der Waals surface area contributed by atoms with Crippen LogP contribution < -0.4 is 11.1 Å². The fourth-order valence-corrected chi connectivity index (χ4v) is 3.67. The van der Waals surface area contributed by atoms with Crippen LogP contribution in [-0.2, 0) is 0 Å². The van der Waals surface area contributed by atoms with Gasteiger partial charge in [-0.2, -0.15) is 0 Å². The quantitative estimate of drug-likeness (QED) is 0.890. The highest BCUT2D eigenvalue weighted by Gasteiger charge is 2.34. The van der Waals surface area contributed by atoms with E-state index in [2.05, 4.69) is 10.2 Å². The van der Waals surface area contributed by atoms with E-state index in [0.29, 0.717) is 12.1 Å². The lowest BCUT2D eigenvalue weighted by Gasteiger charge is -2.38. The van der Waals surface area contributed by atoms with Crippen LogP contribution >= 0.6 is 0 Å². The fourth-order valence-electron chi connectivity index (χ4n) is 3.67. The number of amides is 1. The maximum Gasteiger partial charge on any atom is 0.251 e. The molecule has 2 fully saturated rings. The van der Waals surface area contributed by atoms with E-state index in [1.54, 1.807) is 0 Å². The Kier molecular flexibility index (Phi) is 4.56. The Morgan fingerprint density at radius 3 is 2.62 bits per heavy atom. The number of hydrogen-bond donors (Lipinski definition) is 2. The summed E-state index contributed by atoms with van der Waals surface area (Å²) in [6.07, 6.45) is 5.79. The van der Waals surface area contributed by atoms with Crippen LogP contribution in [-0.4, -0.2) is 42.0 Å². The van der Waals surface area contributed by atoms with Crippen molar-refractivity contribution in [3.63, 3.8) is 0 Å². The molecule has 0 bridgehead atoms. The average molecular weight is 287 g/mol. The van der Waals surface area contributed by atoms with Crippen LogP contribution in [0.25, 0.3) is 0 Å². The molecule has 1 aromatic rings. The van der Waals surface area contributed by atoms with Gasteiger partial charge in [-0.1, -0.05) is 31.0 Å². The number of rotatable bonds is 3. The van der Waals surface area contributed by atoms with Gasteiger partial charge in [0.1, 0.15) is 0 Å². The van der Waals surface area contributed by atoms with Gasteiger partial charge in [-0.25, -0.2) is 0 Å². The Labute approximate surface area is 126 Å². The molecular weight excluding hydrogens is 262 g/mol. The molecule has 1 saturated heterocycles. The van der Waals surface area contributed by atoms with E-state index in [1.165, 1.54) is 19.3 Å². The molecule has 3 N–H and O–H groups in total. The van der Waals surface area contributed by atoms with E-state index in [4.69, 9.17) is 5.73 Å². The summed E-state index contributed by atoms with van der Waals surface area (Å²) in [5.41, 5.74) is 6.79. The zero-order chi connectivity index (χ0) is 14.7. The lowest BCUT2D eigenvalue weighted by Crippen LogP contribution is -2.53. The fraction of sp³-hybridized carbons (Fsp3) is 0.588. The van der Waals surface area contributed by atoms with Gasteiger partial charge in [0, 0.05) is 36.8 Å². The summed E-state index contributed by atoms with van der Waals surface area (Å²) in [7, 11) is 0. The van der Waals surface area contributed by atoms with Crippen LogP contribution in [0, 0.1) is 0 Å². The van der Waals surface area contributed by atoms with Crippen LogP contribution in [0.15, 0.2) is 30.3 Å². The maximum atomic E-state index is 12.4. The first kappa shape index (κ1) is 14.5. The number of nitrogens with one attached hydrogen (secondary N) is 1. The first-order chi connectivity index (χ1) is 10.2. The summed E-state index contributed by atoms with van der Waals surface area (Å²) in [6, 6.07) is 10.5. The molecule has 1 aliphatic carbocycles. The first-order valence-electron chi connectivity index (χ1n) is 8.09. The maximum absolute atomic E-state index is 12.4. The first-order valence-corrected chi connectivity index (χ1v) is 8.09. The van der Waals surface area contributed by atoms with Gasteiger partial charge in [-0.15, -0.1) is 0 Å². The largest absolute Gasteiger partial charge is 0.348 e. The lowest BCUT2D eigenvalue weighted by atomic mass is 9.89. The predicted octanol–water partition coefficient (Wildman–Crippen LogP) is 1.76. The summed E-state index contributed by atoms with van der Waals surface area (Å²) in [4.78, 5) is 14.9. The summed E-state index contributed by atoms with van der Waals surface area (Å²) >= 11 is 0. The minimum Gasteiger partial charge on any atom is -0.348 e. The molecule has 1 amide bonds. The van der Waals surface area contributed by atoms with Crippen LogP contribution in [0.2, 0.25) is 0 Å². The van der Waals surface area contributed by atoms with Crippen molar-refractivity contribution < 1.29 is 4.79 Å². The summed E-state index contributed by atoms with van der Waals surface area (Å²) in [6.45, 7) is 2.05. The van der Waals surface area contributed by atoms with Gasteiger partial charge in [0.05, 0.1) is 0 Å².